The van der Waals surface area contributed by atoms with Crippen LogP contribution in [0, 0.1) is 11.3 Å². The maximum Gasteiger partial charge on any atom is 0.306 e. The quantitative estimate of drug-likeness (QED) is 0.823. The molecule has 0 aromatic heterocycles. The molecule has 0 bridgehead atoms. The number of hydrogen-bond acceptors (Lipinski definition) is 2. The molecule has 0 radical (unpaired) electrons. The van der Waals surface area contributed by atoms with E-state index in [1.165, 1.54) is 0 Å². The number of rotatable bonds is 4. The minimum absolute atomic E-state index is 0.0615. The Morgan fingerprint density at radius 3 is 2.47 bits per heavy atom. The molecule has 2 aliphatic carbocycles. The van der Waals surface area contributed by atoms with E-state index in [1.807, 2.05) is 0 Å². The van der Waals surface area contributed by atoms with Gasteiger partial charge in [0.25, 0.3) is 0 Å². The number of nitrogens with one attached hydrogen (secondary N) is 1. The van der Waals surface area contributed by atoms with Crippen molar-refractivity contribution in [3.8, 4) is 0 Å². The van der Waals surface area contributed by atoms with E-state index in [0.29, 0.717) is 6.42 Å². The third kappa shape index (κ3) is 3.10. The molecular weight excluding hydrogens is 242 g/mol. The van der Waals surface area contributed by atoms with Crippen LogP contribution in [-0.2, 0) is 9.59 Å². The van der Waals surface area contributed by atoms with E-state index in [0.717, 1.165) is 51.4 Å². The first kappa shape index (κ1) is 14.4. The van der Waals surface area contributed by atoms with Gasteiger partial charge >= 0.3 is 5.97 Å². The third-order valence-corrected chi connectivity index (χ3v) is 5.08. The molecule has 0 aromatic rings. The van der Waals surface area contributed by atoms with Gasteiger partial charge in [0, 0.05) is 11.5 Å². The Labute approximate surface area is 115 Å². The predicted octanol–water partition coefficient (Wildman–Crippen LogP) is 2.72. The Morgan fingerprint density at radius 2 is 1.89 bits per heavy atom. The number of carbonyl (C=O) groups excluding carboxylic acids is 1. The molecule has 0 spiro atoms. The molecule has 2 atom stereocenters. The summed E-state index contributed by atoms with van der Waals surface area (Å²) in [5.41, 5.74) is -0.170. The van der Waals surface area contributed by atoms with Crippen LogP contribution in [0.15, 0.2) is 0 Å². The Hall–Kier alpha value is -1.06. The number of amides is 1. The zero-order valence-corrected chi connectivity index (χ0v) is 11.8. The van der Waals surface area contributed by atoms with Crippen molar-refractivity contribution in [2.45, 2.75) is 70.8 Å². The highest BCUT2D eigenvalue weighted by atomic mass is 16.4. The first-order chi connectivity index (χ1) is 9.07. The molecule has 2 rings (SSSR count). The summed E-state index contributed by atoms with van der Waals surface area (Å²) in [7, 11) is 0. The zero-order valence-electron chi connectivity index (χ0n) is 11.8. The molecule has 2 N–H and O–H groups in total. The van der Waals surface area contributed by atoms with Gasteiger partial charge in [-0.3, -0.25) is 9.59 Å². The van der Waals surface area contributed by atoms with Crippen LogP contribution in [0.5, 0.6) is 0 Å². The molecule has 0 heterocycles. The molecule has 0 aliphatic heterocycles. The van der Waals surface area contributed by atoms with E-state index in [1.54, 1.807) is 0 Å². The lowest BCUT2D eigenvalue weighted by Gasteiger charge is -2.32. The van der Waals surface area contributed by atoms with Crippen LogP contribution in [0.1, 0.15) is 64.7 Å². The Bertz CT molecular complexity index is 347. The van der Waals surface area contributed by atoms with Gasteiger partial charge in [0.15, 0.2) is 0 Å². The van der Waals surface area contributed by atoms with Crippen molar-refractivity contribution < 1.29 is 14.7 Å². The van der Waals surface area contributed by atoms with Crippen LogP contribution in [0.25, 0.3) is 0 Å². The summed E-state index contributed by atoms with van der Waals surface area (Å²) in [4.78, 5) is 23.5. The van der Waals surface area contributed by atoms with Crippen molar-refractivity contribution in [3.05, 3.63) is 0 Å². The molecule has 108 valence electrons. The van der Waals surface area contributed by atoms with Gasteiger partial charge in [-0.15, -0.1) is 0 Å². The minimum Gasteiger partial charge on any atom is -0.481 e. The van der Waals surface area contributed by atoms with Gasteiger partial charge in [-0.1, -0.05) is 26.2 Å². The number of carboxylic acids is 1. The summed E-state index contributed by atoms with van der Waals surface area (Å²) in [5.74, 6) is -0.825. The largest absolute Gasteiger partial charge is 0.481 e. The zero-order chi connectivity index (χ0) is 13.9. The first-order valence-electron chi connectivity index (χ1n) is 7.61. The van der Waals surface area contributed by atoms with Crippen molar-refractivity contribution in [1.29, 1.82) is 0 Å². The molecule has 2 aliphatic rings. The molecule has 0 saturated heterocycles. The summed E-state index contributed by atoms with van der Waals surface area (Å²) in [5, 5.41) is 12.2. The Morgan fingerprint density at radius 1 is 1.21 bits per heavy atom. The van der Waals surface area contributed by atoms with E-state index < -0.39 is 5.97 Å². The fourth-order valence-corrected chi connectivity index (χ4v) is 3.68. The summed E-state index contributed by atoms with van der Waals surface area (Å²) in [6.07, 6.45) is 8.34. The van der Waals surface area contributed by atoms with Gasteiger partial charge in [-0.25, -0.2) is 0 Å². The lowest BCUT2D eigenvalue weighted by Crippen LogP contribution is -2.46. The molecule has 2 fully saturated rings. The van der Waals surface area contributed by atoms with Crippen molar-refractivity contribution >= 4 is 11.9 Å². The van der Waals surface area contributed by atoms with E-state index in [-0.39, 0.29) is 23.3 Å². The van der Waals surface area contributed by atoms with E-state index >= 15 is 0 Å². The summed E-state index contributed by atoms with van der Waals surface area (Å²) in [6.45, 7) is 2.09. The number of carboxylic acid groups (broad SMARTS) is 1. The van der Waals surface area contributed by atoms with Crippen molar-refractivity contribution in [2.24, 2.45) is 11.3 Å². The number of carbonyl (C=O) groups is 2. The monoisotopic (exact) mass is 267 g/mol. The van der Waals surface area contributed by atoms with E-state index in [2.05, 4.69) is 12.2 Å². The van der Waals surface area contributed by atoms with Gasteiger partial charge in [-0.05, 0) is 38.5 Å². The lowest BCUT2D eigenvalue weighted by atomic mass is 9.80. The van der Waals surface area contributed by atoms with Gasteiger partial charge in [0.1, 0.15) is 0 Å². The van der Waals surface area contributed by atoms with Gasteiger partial charge in [0.05, 0.1) is 5.92 Å². The van der Waals surface area contributed by atoms with Gasteiger partial charge in [-0.2, -0.15) is 0 Å². The fraction of sp³-hybridized carbons (Fsp3) is 0.867. The second kappa shape index (κ2) is 5.93. The molecule has 2 unspecified atom stereocenters. The van der Waals surface area contributed by atoms with E-state index in [4.69, 9.17) is 5.11 Å². The molecule has 0 aromatic carbocycles. The summed E-state index contributed by atoms with van der Waals surface area (Å²) < 4.78 is 0. The standard InChI is InChI=1S/C15H25NO3/c1-2-15(8-3-4-9-15)14(19)16-12-7-5-6-11(10-12)13(17)18/h11-12H,2-10H2,1H3,(H,16,19)(H,17,18). The van der Waals surface area contributed by atoms with Crippen LogP contribution in [0.2, 0.25) is 0 Å². The van der Waals surface area contributed by atoms with Crippen LogP contribution >= 0.6 is 0 Å². The van der Waals surface area contributed by atoms with Crippen molar-refractivity contribution in [1.82, 2.24) is 5.32 Å². The van der Waals surface area contributed by atoms with Crippen LogP contribution in [-0.4, -0.2) is 23.0 Å². The number of aliphatic carboxylic acids is 1. The molecule has 4 nitrogen and oxygen atoms in total. The third-order valence-electron chi connectivity index (χ3n) is 5.08. The molecule has 2 saturated carbocycles. The van der Waals surface area contributed by atoms with Gasteiger partial charge in [0.2, 0.25) is 5.91 Å². The fourth-order valence-electron chi connectivity index (χ4n) is 3.68. The maximum absolute atomic E-state index is 12.5. The highest BCUT2D eigenvalue weighted by molar-refractivity contribution is 5.83. The highest BCUT2D eigenvalue weighted by Gasteiger charge is 2.40. The lowest BCUT2D eigenvalue weighted by molar-refractivity contribution is -0.144. The Kier molecular flexibility index (Phi) is 4.48. The average molecular weight is 267 g/mol. The van der Waals surface area contributed by atoms with E-state index in [9.17, 15) is 9.59 Å². The van der Waals surface area contributed by atoms with Crippen LogP contribution in [0.3, 0.4) is 0 Å². The minimum atomic E-state index is -0.718. The normalized spacial score (nSPS) is 29.9. The van der Waals surface area contributed by atoms with Crippen LogP contribution < -0.4 is 5.32 Å². The SMILES string of the molecule is CCC1(C(=O)NC2CCCC(C(=O)O)C2)CCCC1. The highest BCUT2D eigenvalue weighted by Crippen LogP contribution is 2.41. The number of hydrogen-bond donors (Lipinski definition) is 2. The molecule has 19 heavy (non-hydrogen) atoms. The molecule has 1 amide bonds. The molecular formula is C15H25NO3. The first-order valence-corrected chi connectivity index (χ1v) is 7.61. The molecule has 4 heteroatoms. The van der Waals surface area contributed by atoms with Crippen molar-refractivity contribution in [3.63, 3.8) is 0 Å². The van der Waals surface area contributed by atoms with Crippen LogP contribution in [0.4, 0.5) is 0 Å². The predicted molar refractivity (Wildman–Crippen MR) is 72.7 cm³/mol. The maximum atomic E-state index is 12.5. The Balaban J connectivity index is 1.93. The van der Waals surface area contributed by atoms with Crippen molar-refractivity contribution in [2.75, 3.05) is 0 Å². The second-order valence-electron chi connectivity index (χ2n) is 6.21. The summed E-state index contributed by atoms with van der Waals surface area (Å²) >= 11 is 0. The van der Waals surface area contributed by atoms with Gasteiger partial charge < -0.3 is 10.4 Å². The average Bonchev–Trinajstić information content (AvgIpc) is 2.89. The topological polar surface area (TPSA) is 66.4 Å². The second-order valence-corrected chi connectivity index (χ2v) is 6.21. The smallest absolute Gasteiger partial charge is 0.306 e. The summed E-state index contributed by atoms with van der Waals surface area (Å²) in [6, 6.07) is 0.0615.